The first-order valence-electron chi connectivity index (χ1n) is 7.57. The zero-order chi connectivity index (χ0) is 17.9. The Labute approximate surface area is 142 Å². The summed E-state index contributed by atoms with van der Waals surface area (Å²) in [6.45, 7) is 5.38. The van der Waals surface area contributed by atoms with Gasteiger partial charge in [0.25, 0.3) is 0 Å². The summed E-state index contributed by atoms with van der Waals surface area (Å²) in [6, 6.07) is 11.5. The second-order valence-corrected chi connectivity index (χ2v) is 7.56. The van der Waals surface area contributed by atoms with Gasteiger partial charge in [0.05, 0.1) is 17.4 Å². The van der Waals surface area contributed by atoms with Gasteiger partial charge in [-0.2, -0.15) is 0 Å². The van der Waals surface area contributed by atoms with Gasteiger partial charge in [-0.1, -0.05) is 48.0 Å². The molecule has 2 aromatic rings. The average molecular weight is 347 g/mol. The molecule has 0 fully saturated rings. The van der Waals surface area contributed by atoms with Crippen molar-refractivity contribution in [2.24, 2.45) is 0 Å². The maximum absolute atomic E-state index is 12.8. The van der Waals surface area contributed by atoms with Crippen molar-refractivity contribution >= 4 is 16.0 Å². The lowest BCUT2D eigenvalue weighted by molar-refractivity contribution is -0.137. The van der Waals surface area contributed by atoms with Crippen LogP contribution >= 0.6 is 0 Å². The number of nitrogens with one attached hydrogen (secondary N) is 1. The SMILES string of the molecule is Cc1cc(C)c(S(=O)(=O)NC(CC(=O)O)c2ccccc2)c(C)c1. The number of carboxylic acid groups (broad SMARTS) is 1. The van der Waals surface area contributed by atoms with Gasteiger partial charge in [-0.25, -0.2) is 13.1 Å². The van der Waals surface area contributed by atoms with E-state index in [1.165, 1.54) is 0 Å². The molecule has 0 saturated heterocycles. The maximum Gasteiger partial charge on any atom is 0.305 e. The Bertz CT molecular complexity index is 822. The van der Waals surface area contributed by atoms with Gasteiger partial charge < -0.3 is 5.11 Å². The fourth-order valence-corrected chi connectivity index (χ4v) is 4.60. The number of benzene rings is 2. The van der Waals surface area contributed by atoms with E-state index in [0.29, 0.717) is 16.7 Å². The topological polar surface area (TPSA) is 83.5 Å². The van der Waals surface area contributed by atoms with Gasteiger partial charge in [-0.3, -0.25) is 4.79 Å². The molecule has 128 valence electrons. The van der Waals surface area contributed by atoms with Crippen molar-refractivity contribution < 1.29 is 18.3 Å². The summed E-state index contributed by atoms with van der Waals surface area (Å²) < 4.78 is 28.2. The lowest BCUT2D eigenvalue weighted by Crippen LogP contribution is -2.31. The summed E-state index contributed by atoms with van der Waals surface area (Å²) in [5.74, 6) is -1.07. The number of carboxylic acids is 1. The highest BCUT2D eigenvalue weighted by molar-refractivity contribution is 7.89. The summed E-state index contributed by atoms with van der Waals surface area (Å²) in [6.07, 6.45) is -0.326. The molecule has 0 saturated carbocycles. The summed E-state index contributed by atoms with van der Waals surface area (Å²) in [4.78, 5) is 11.4. The van der Waals surface area contributed by atoms with E-state index in [9.17, 15) is 13.2 Å². The first-order valence-corrected chi connectivity index (χ1v) is 9.06. The highest BCUT2D eigenvalue weighted by atomic mass is 32.2. The molecule has 2 rings (SSSR count). The molecule has 0 aliphatic carbocycles. The van der Waals surface area contributed by atoms with E-state index >= 15 is 0 Å². The van der Waals surface area contributed by atoms with Crippen LogP contribution in [0.2, 0.25) is 0 Å². The molecule has 2 aromatic carbocycles. The van der Waals surface area contributed by atoms with Crippen LogP contribution < -0.4 is 4.72 Å². The molecule has 0 spiro atoms. The number of rotatable bonds is 6. The van der Waals surface area contributed by atoms with Gasteiger partial charge in [-0.15, -0.1) is 0 Å². The third kappa shape index (κ3) is 4.21. The van der Waals surface area contributed by atoms with Crippen LogP contribution in [0.4, 0.5) is 0 Å². The van der Waals surface area contributed by atoms with E-state index in [2.05, 4.69) is 4.72 Å². The summed E-state index contributed by atoms with van der Waals surface area (Å²) in [7, 11) is -3.84. The summed E-state index contributed by atoms with van der Waals surface area (Å²) >= 11 is 0. The minimum absolute atomic E-state index is 0.208. The smallest absolute Gasteiger partial charge is 0.305 e. The molecule has 1 atom stereocenters. The quantitative estimate of drug-likeness (QED) is 0.841. The number of hydrogen-bond acceptors (Lipinski definition) is 3. The highest BCUT2D eigenvalue weighted by Gasteiger charge is 2.26. The standard InChI is InChI=1S/C18H21NO4S/c1-12-9-13(2)18(14(3)10-12)24(22,23)19-16(11-17(20)21)15-7-5-4-6-8-15/h4-10,16,19H,11H2,1-3H3,(H,20,21). The Hall–Kier alpha value is -2.18. The molecule has 0 amide bonds. The van der Waals surface area contributed by atoms with Crippen LogP contribution in [-0.4, -0.2) is 19.5 Å². The third-order valence-corrected chi connectivity index (χ3v) is 5.53. The zero-order valence-corrected chi connectivity index (χ0v) is 14.7. The molecular formula is C18H21NO4S. The first kappa shape index (κ1) is 18.2. The van der Waals surface area contributed by atoms with Crippen LogP contribution in [0.25, 0.3) is 0 Å². The highest BCUT2D eigenvalue weighted by Crippen LogP contribution is 2.25. The number of aryl methyl sites for hydroxylation is 3. The van der Waals surface area contributed by atoms with Crippen molar-refractivity contribution in [3.05, 3.63) is 64.7 Å². The number of carbonyl (C=O) groups is 1. The minimum atomic E-state index is -3.84. The van der Waals surface area contributed by atoms with Crippen molar-refractivity contribution in [3.63, 3.8) is 0 Å². The Morgan fingerprint density at radius 1 is 1.08 bits per heavy atom. The van der Waals surface area contributed by atoms with Gasteiger partial charge in [0.15, 0.2) is 0 Å². The molecule has 2 N–H and O–H groups in total. The fraction of sp³-hybridized carbons (Fsp3) is 0.278. The Balaban J connectivity index is 2.43. The summed E-state index contributed by atoms with van der Waals surface area (Å²) in [5, 5.41) is 9.12. The predicted octanol–water partition coefficient (Wildman–Crippen LogP) is 3.11. The Morgan fingerprint density at radius 2 is 1.62 bits per heavy atom. The van der Waals surface area contributed by atoms with Crippen molar-refractivity contribution in [3.8, 4) is 0 Å². The molecule has 0 aliphatic rings. The van der Waals surface area contributed by atoms with Crippen LogP contribution in [0.1, 0.15) is 34.7 Å². The van der Waals surface area contributed by atoms with E-state index in [4.69, 9.17) is 5.11 Å². The second kappa shape index (κ2) is 7.15. The largest absolute Gasteiger partial charge is 0.481 e. The van der Waals surface area contributed by atoms with Gasteiger partial charge in [0.2, 0.25) is 10.0 Å². The molecule has 0 heterocycles. The summed E-state index contributed by atoms with van der Waals surface area (Å²) in [5.41, 5.74) is 2.88. The molecule has 24 heavy (non-hydrogen) atoms. The maximum atomic E-state index is 12.8. The van der Waals surface area contributed by atoms with Gasteiger partial charge in [-0.05, 0) is 37.5 Å². The van der Waals surface area contributed by atoms with E-state index in [-0.39, 0.29) is 11.3 Å². The first-order chi connectivity index (χ1) is 11.2. The number of sulfonamides is 1. The number of hydrogen-bond donors (Lipinski definition) is 2. The molecular weight excluding hydrogens is 326 g/mol. The molecule has 5 nitrogen and oxygen atoms in total. The van der Waals surface area contributed by atoms with Crippen molar-refractivity contribution in [2.45, 2.75) is 38.1 Å². The van der Waals surface area contributed by atoms with Crippen molar-refractivity contribution in [1.29, 1.82) is 0 Å². The molecule has 0 aromatic heterocycles. The lowest BCUT2D eigenvalue weighted by atomic mass is 10.1. The van der Waals surface area contributed by atoms with Crippen LogP contribution in [0.15, 0.2) is 47.4 Å². The normalized spacial score (nSPS) is 12.8. The third-order valence-electron chi connectivity index (χ3n) is 3.75. The van der Waals surface area contributed by atoms with Gasteiger partial charge >= 0.3 is 5.97 Å². The molecule has 6 heteroatoms. The van der Waals surface area contributed by atoms with E-state index in [0.717, 1.165) is 5.56 Å². The molecule has 0 aliphatic heterocycles. The minimum Gasteiger partial charge on any atom is -0.481 e. The van der Waals surface area contributed by atoms with Crippen LogP contribution in [0, 0.1) is 20.8 Å². The Kier molecular flexibility index (Phi) is 5.41. The van der Waals surface area contributed by atoms with Crippen molar-refractivity contribution in [1.82, 2.24) is 4.72 Å². The van der Waals surface area contributed by atoms with Crippen LogP contribution in [0.3, 0.4) is 0 Å². The zero-order valence-electron chi connectivity index (χ0n) is 13.9. The second-order valence-electron chi connectivity index (χ2n) is 5.91. The van der Waals surface area contributed by atoms with Crippen LogP contribution in [-0.2, 0) is 14.8 Å². The van der Waals surface area contributed by atoms with Gasteiger partial charge in [0, 0.05) is 0 Å². The predicted molar refractivity (Wildman–Crippen MR) is 92.4 cm³/mol. The molecule has 1 unspecified atom stereocenters. The number of aliphatic carboxylic acids is 1. The van der Waals surface area contributed by atoms with Crippen LogP contribution in [0.5, 0.6) is 0 Å². The Morgan fingerprint density at radius 3 is 2.12 bits per heavy atom. The van der Waals surface area contributed by atoms with Gasteiger partial charge in [0.1, 0.15) is 0 Å². The monoisotopic (exact) mass is 347 g/mol. The van der Waals surface area contributed by atoms with E-state index in [1.807, 2.05) is 6.92 Å². The van der Waals surface area contributed by atoms with Crippen molar-refractivity contribution in [2.75, 3.05) is 0 Å². The average Bonchev–Trinajstić information content (AvgIpc) is 2.45. The lowest BCUT2D eigenvalue weighted by Gasteiger charge is -2.20. The van der Waals surface area contributed by atoms with E-state index in [1.54, 1.807) is 56.3 Å². The fourth-order valence-electron chi connectivity index (χ4n) is 2.92. The molecule has 0 radical (unpaired) electrons. The van der Waals surface area contributed by atoms with E-state index < -0.39 is 22.0 Å². The molecule has 0 bridgehead atoms.